The number of amides is 2. The van der Waals surface area contributed by atoms with Crippen molar-refractivity contribution in [2.24, 2.45) is 5.92 Å². The van der Waals surface area contributed by atoms with Crippen LogP contribution in [0.4, 0.5) is 9.80 Å². The zero-order chi connectivity index (χ0) is 25.2. The van der Waals surface area contributed by atoms with Gasteiger partial charge in [-0.1, -0.05) is 6.92 Å². The third-order valence-corrected chi connectivity index (χ3v) is 8.53. The molecule has 0 saturated heterocycles. The second-order valence-electron chi connectivity index (χ2n) is 9.78. The summed E-state index contributed by atoms with van der Waals surface area (Å²) in [5, 5.41) is 6.99. The molecule has 0 saturated carbocycles. The normalized spacial score (nSPS) is 17.3. The number of likely N-dealkylation sites (N-methyl/N-ethyl adjacent to an activating group) is 1. The molecule has 3 aromatic heterocycles. The quantitative estimate of drug-likeness (QED) is 0.399. The molecule has 2 aliphatic rings. The van der Waals surface area contributed by atoms with E-state index < -0.39 is 0 Å². The van der Waals surface area contributed by atoms with Crippen LogP contribution in [0.15, 0.2) is 24.5 Å². The van der Waals surface area contributed by atoms with Crippen LogP contribution < -0.4 is 10.6 Å². The molecule has 1 aliphatic carbocycles. The Morgan fingerprint density at radius 3 is 2.81 bits per heavy atom. The summed E-state index contributed by atoms with van der Waals surface area (Å²) in [6.07, 6.45) is 8.14. The number of urea groups is 1. The van der Waals surface area contributed by atoms with Crippen LogP contribution in [0.2, 0.25) is 0 Å². The average Bonchev–Trinajstić information content (AvgIpc) is 3.59. The van der Waals surface area contributed by atoms with Crippen LogP contribution in [0.3, 0.4) is 0 Å². The van der Waals surface area contributed by atoms with E-state index in [1.807, 2.05) is 31.5 Å². The Hall–Kier alpha value is -2.78. The summed E-state index contributed by atoms with van der Waals surface area (Å²) in [6.45, 7) is 10.3. The van der Waals surface area contributed by atoms with Crippen molar-refractivity contribution in [1.29, 1.82) is 0 Å². The predicted octanol–water partition coefficient (Wildman–Crippen LogP) is 4.37. The Balaban J connectivity index is 1.36. The number of H-pyrrole nitrogens is 1. The molecule has 2 amide bonds. The van der Waals surface area contributed by atoms with E-state index in [4.69, 9.17) is 12.2 Å². The molecule has 0 bridgehead atoms. The number of hydrogen-bond acceptors (Lipinski definition) is 4. The number of aromatic amines is 1. The molecule has 1 atom stereocenters. The number of anilines is 1. The van der Waals surface area contributed by atoms with Gasteiger partial charge in [-0.25, -0.2) is 0 Å². The van der Waals surface area contributed by atoms with Gasteiger partial charge < -0.3 is 0 Å². The van der Waals surface area contributed by atoms with Crippen molar-refractivity contribution in [3.05, 3.63) is 57.4 Å². The van der Waals surface area contributed by atoms with Gasteiger partial charge in [-0.2, -0.15) is 0 Å². The van der Waals surface area contributed by atoms with Gasteiger partial charge >= 0.3 is 205 Å². The number of thiophene rings is 1. The van der Waals surface area contributed by atoms with Gasteiger partial charge in [0.1, 0.15) is 0 Å². The monoisotopic (exact) mass is 504 g/mol. The number of aromatic nitrogens is 2. The van der Waals surface area contributed by atoms with Crippen molar-refractivity contribution >= 4 is 35.5 Å². The van der Waals surface area contributed by atoms with Gasteiger partial charge in [0.05, 0.1) is 0 Å². The van der Waals surface area contributed by atoms with Gasteiger partial charge in [0.25, 0.3) is 0 Å². The average molecular weight is 504 g/mol. The molecule has 189 valence electrons. The number of fused-ring (bicyclic) bond motifs is 2. The van der Waals surface area contributed by atoms with Crippen molar-refractivity contribution in [3.8, 4) is 5.82 Å². The van der Waals surface area contributed by atoms with E-state index in [1.54, 1.807) is 11.3 Å². The number of carbonyl (C=O) groups excluding carboxylic acids is 1. The van der Waals surface area contributed by atoms with Gasteiger partial charge in [-0.15, -0.1) is 0 Å². The molecule has 0 fully saturated rings. The molecular weight excluding hydrogens is 469 g/mol. The molecule has 0 aromatic carbocycles. The van der Waals surface area contributed by atoms with Crippen molar-refractivity contribution in [3.63, 3.8) is 0 Å². The number of nitrogens with zero attached hydrogens (tertiary/aromatic N) is 2. The van der Waals surface area contributed by atoms with Gasteiger partial charge in [0.15, 0.2) is 0 Å². The first-order chi connectivity index (χ1) is 17.5. The third-order valence-electron chi connectivity index (χ3n) is 7.36. The molecule has 1 aliphatic heterocycles. The Labute approximate surface area is 218 Å². The minimum atomic E-state index is -0.230. The summed E-state index contributed by atoms with van der Waals surface area (Å²) in [7, 11) is 6.33. The topological polar surface area (TPSA) is 74.3 Å². The predicted molar refractivity (Wildman–Crippen MR) is 148 cm³/mol. The molecule has 7 nitrogen and oxygen atoms in total. The molecule has 1 radical (unpaired) electrons. The summed E-state index contributed by atoms with van der Waals surface area (Å²) in [5.74, 6) is 1.66. The van der Waals surface area contributed by atoms with Crippen molar-refractivity contribution in [2.45, 2.75) is 59.5 Å². The summed E-state index contributed by atoms with van der Waals surface area (Å²) in [6, 6.07) is 3.80. The van der Waals surface area contributed by atoms with E-state index in [2.05, 4.69) is 38.9 Å². The van der Waals surface area contributed by atoms with Crippen LogP contribution in [-0.2, 0) is 37.1 Å². The Morgan fingerprint density at radius 2 is 2.06 bits per heavy atom. The molecule has 4 heterocycles. The van der Waals surface area contributed by atoms with E-state index >= 15 is 0 Å². The summed E-state index contributed by atoms with van der Waals surface area (Å²) in [5.41, 5.74) is 6.20. The summed E-state index contributed by atoms with van der Waals surface area (Å²) >= 11 is 1.63. The van der Waals surface area contributed by atoms with E-state index in [0.717, 1.165) is 67.3 Å². The Morgan fingerprint density at radius 1 is 1.25 bits per heavy atom. The van der Waals surface area contributed by atoms with Crippen LogP contribution in [0.5, 0.6) is 0 Å². The molecule has 9 heteroatoms. The maximum atomic E-state index is 13.2. The zero-order valence-electron chi connectivity index (χ0n) is 21.4. The van der Waals surface area contributed by atoms with Crippen LogP contribution in [0.1, 0.15) is 60.0 Å². The fourth-order valence-corrected chi connectivity index (χ4v) is 6.85. The van der Waals surface area contributed by atoms with Gasteiger partial charge in [0.2, 0.25) is 0 Å². The number of carbonyl (C=O) groups is 1. The standard InChI is InChI=1S/C27H35BN5O2S/c1-4-32-13-10-18-20(25(30-21(18)16-32)33-11-6-7-12-33)15-29-27(34)31-26-23(24(28)35-5-2)19-9-8-17(3)14-22(19)36-26/h6-7,11-12,17,30H,4-5,8-10,13-16H2,1-3H3,(H2,29,31,34). The van der Waals surface area contributed by atoms with E-state index in [-0.39, 0.29) is 6.03 Å². The molecule has 5 rings (SSSR count). The summed E-state index contributed by atoms with van der Waals surface area (Å²) in [4.78, 5) is 20.5. The number of nitrogens with one attached hydrogen (secondary N) is 3. The Kier molecular flexibility index (Phi) is 7.39. The first kappa shape index (κ1) is 24.9. The van der Waals surface area contributed by atoms with Crippen molar-refractivity contribution in [1.82, 2.24) is 19.8 Å². The van der Waals surface area contributed by atoms with Crippen molar-refractivity contribution < 1.29 is 9.53 Å². The van der Waals surface area contributed by atoms with Gasteiger partial charge in [-0.05, 0) is 6.54 Å². The summed E-state index contributed by atoms with van der Waals surface area (Å²) < 4.78 is 7.77. The number of ether oxygens (including phenoxy) is 1. The second kappa shape index (κ2) is 10.7. The first-order valence-electron chi connectivity index (χ1n) is 13.0. The molecular formula is C27H35BN5O2S. The second-order valence-corrected chi connectivity index (χ2v) is 10.9. The fourth-order valence-electron chi connectivity index (χ4n) is 5.44. The SMILES string of the molecule is [B]=C(OCC)c1c(NC(=O)NCc2c(-n3cccc3)[nH]c3c2CCN(CC)C3)sc2c1CCC(C)C2. The molecule has 0 spiro atoms. The van der Waals surface area contributed by atoms with Crippen molar-refractivity contribution in [2.75, 3.05) is 25.0 Å². The molecule has 36 heavy (non-hydrogen) atoms. The minimum absolute atomic E-state index is 0.230. The number of hydrogen-bond donors (Lipinski definition) is 3. The van der Waals surface area contributed by atoms with E-state index in [9.17, 15) is 4.79 Å². The van der Waals surface area contributed by atoms with Crippen LogP contribution in [0.25, 0.3) is 5.82 Å². The molecule has 1 unspecified atom stereocenters. The third kappa shape index (κ3) is 4.91. The maximum absolute atomic E-state index is 13.2. The Bertz CT molecular complexity index is 1250. The van der Waals surface area contributed by atoms with Gasteiger partial charge in [0, 0.05) is 0 Å². The van der Waals surface area contributed by atoms with Crippen LogP contribution in [0, 0.1) is 5.92 Å². The number of rotatable bonds is 8. The van der Waals surface area contributed by atoms with E-state index in [0.29, 0.717) is 24.7 Å². The van der Waals surface area contributed by atoms with Crippen LogP contribution in [-0.4, -0.2) is 53.3 Å². The fraction of sp³-hybridized carbons (Fsp3) is 0.481. The zero-order valence-corrected chi connectivity index (χ0v) is 22.3. The van der Waals surface area contributed by atoms with E-state index in [1.165, 1.54) is 21.7 Å². The van der Waals surface area contributed by atoms with Crippen LogP contribution >= 0.6 is 11.3 Å². The first-order valence-corrected chi connectivity index (χ1v) is 13.8. The molecule has 3 N–H and O–H groups in total. The van der Waals surface area contributed by atoms with Gasteiger partial charge in [-0.3, -0.25) is 0 Å². The molecule has 3 aromatic rings.